The first-order chi connectivity index (χ1) is 12.6. The van der Waals surface area contributed by atoms with E-state index in [2.05, 4.69) is 0 Å². The molecule has 0 bridgehead atoms. The van der Waals surface area contributed by atoms with Crippen molar-refractivity contribution in [1.82, 2.24) is 0 Å². The summed E-state index contributed by atoms with van der Waals surface area (Å²) in [4.78, 5) is 26.4. The molecule has 1 aliphatic rings. The smallest absolute Gasteiger partial charge is 0.316 e. The number of esters is 1. The third-order valence-electron chi connectivity index (χ3n) is 4.54. The molecule has 0 aliphatic carbocycles. The van der Waals surface area contributed by atoms with Gasteiger partial charge in [-0.05, 0) is 47.2 Å². The van der Waals surface area contributed by atoms with Crippen molar-refractivity contribution in [2.75, 3.05) is 11.4 Å². The molecule has 1 heterocycles. The van der Waals surface area contributed by atoms with Crippen molar-refractivity contribution in [1.29, 1.82) is 0 Å². The predicted molar refractivity (Wildman–Crippen MR) is 101 cm³/mol. The molecule has 3 aromatic rings. The number of amides is 1. The van der Waals surface area contributed by atoms with Gasteiger partial charge in [0.2, 0.25) is 5.91 Å². The van der Waals surface area contributed by atoms with Gasteiger partial charge in [0.1, 0.15) is 5.75 Å². The van der Waals surface area contributed by atoms with E-state index in [0.717, 1.165) is 16.5 Å². The number of carbonyl (C=O) groups excluding carboxylic acids is 2. The third kappa shape index (κ3) is 3.28. The Labute approximate surface area is 155 Å². The van der Waals surface area contributed by atoms with E-state index in [0.29, 0.717) is 17.3 Å². The third-order valence-corrected chi connectivity index (χ3v) is 4.79. The van der Waals surface area contributed by atoms with E-state index in [-0.39, 0.29) is 18.3 Å². The van der Waals surface area contributed by atoms with Gasteiger partial charge in [0.05, 0.1) is 5.92 Å². The number of hydrogen-bond donors (Lipinski definition) is 0. The number of benzene rings is 3. The van der Waals surface area contributed by atoms with Gasteiger partial charge in [-0.15, -0.1) is 0 Å². The van der Waals surface area contributed by atoms with Crippen LogP contribution in [-0.2, 0) is 9.59 Å². The fourth-order valence-electron chi connectivity index (χ4n) is 3.17. The number of carbonyl (C=O) groups is 2. The molecule has 1 fully saturated rings. The Morgan fingerprint density at radius 3 is 2.50 bits per heavy atom. The van der Waals surface area contributed by atoms with Crippen molar-refractivity contribution < 1.29 is 14.3 Å². The van der Waals surface area contributed by atoms with Crippen LogP contribution in [0.4, 0.5) is 5.69 Å². The van der Waals surface area contributed by atoms with Crippen molar-refractivity contribution >= 4 is 39.9 Å². The molecule has 1 saturated heterocycles. The standard InChI is InChI=1S/C21H16ClNO3/c22-17-6-8-18(9-7-17)23-13-16(12-20(23)24)21(25)26-19-10-5-14-3-1-2-4-15(14)11-19/h1-11,16H,12-13H2/t16-/m0/s1. The van der Waals surface area contributed by atoms with E-state index in [1.54, 1.807) is 35.2 Å². The normalized spacial score (nSPS) is 16.9. The Kier molecular flexibility index (Phi) is 4.35. The lowest BCUT2D eigenvalue weighted by Crippen LogP contribution is -2.27. The van der Waals surface area contributed by atoms with Crippen LogP contribution in [-0.4, -0.2) is 18.4 Å². The van der Waals surface area contributed by atoms with Gasteiger partial charge in [-0.3, -0.25) is 9.59 Å². The number of nitrogens with zero attached hydrogens (tertiary/aromatic N) is 1. The zero-order valence-corrected chi connectivity index (χ0v) is 14.6. The zero-order chi connectivity index (χ0) is 18.1. The van der Waals surface area contributed by atoms with E-state index in [9.17, 15) is 9.59 Å². The fraction of sp³-hybridized carbons (Fsp3) is 0.143. The second kappa shape index (κ2) is 6.81. The maximum Gasteiger partial charge on any atom is 0.316 e. The van der Waals surface area contributed by atoms with Gasteiger partial charge in [0.15, 0.2) is 0 Å². The highest BCUT2D eigenvalue weighted by atomic mass is 35.5. The quantitative estimate of drug-likeness (QED) is 0.509. The van der Waals surface area contributed by atoms with Crippen LogP contribution in [0.15, 0.2) is 66.7 Å². The van der Waals surface area contributed by atoms with Crippen LogP contribution in [0.25, 0.3) is 10.8 Å². The SMILES string of the molecule is O=C(Oc1ccc2ccccc2c1)[C@H]1CC(=O)N(c2ccc(Cl)cc2)C1. The fourth-order valence-corrected chi connectivity index (χ4v) is 3.29. The highest BCUT2D eigenvalue weighted by Crippen LogP contribution is 2.28. The van der Waals surface area contributed by atoms with Crippen LogP contribution in [0.2, 0.25) is 5.02 Å². The van der Waals surface area contributed by atoms with Crippen LogP contribution < -0.4 is 9.64 Å². The molecule has 4 nitrogen and oxygen atoms in total. The summed E-state index contributed by atoms with van der Waals surface area (Å²) in [6.45, 7) is 0.312. The van der Waals surface area contributed by atoms with E-state index in [4.69, 9.17) is 16.3 Å². The molecule has 1 amide bonds. The van der Waals surface area contributed by atoms with E-state index in [1.165, 1.54) is 0 Å². The maximum absolute atomic E-state index is 12.5. The summed E-state index contributed by atoms with van der Waals surface area (Å²) in [6, 6.07) is 20.4. The number of rotatable bonds is 3. The van der Waals surface area contributed by atoms with Gasteiger partial charge in [-0.1, -0.05) is 41.9 Å². The van der Waals surface area contributed by atoms with Crippen molar-refractivity contribution in [3.05, 3.63) is 71.8 Å². The summed E-state index contributed by atoms with van der Waals surface area (Å²) in [5.41, 5.74) is 0.736. The number of fused-ring (bicyclic) bond motifs is 1. The molecule has 0 aromatic heterocycles. The first-order valence-electron chi connectivity index (χ1n) is 8.36. The molecule has 0 saturated carbocycles. The molecule has 1 atom stereocenters. The number of ether oxygens (including phenoxy) is 1. The molecule has 0 unspecified atom stereocenters. The lowest BCUT2D eigenvalue weighted by molar-refractivity contribution is -0.139. The van der Waals surface area contributed by atoms with Gasteiger partial charge >= 0.3 is 5.97 Å². The summed E-state index contributed by atoms with van der Waals surface area (Å²) < 4.78 is 5.52. The summed E-state index contributed by atoms with van der Waals surface area (Å²) in [5.74, 6) is -0.464. The molecular formula is C21H16ClNO3. The monoisotopic (exact) mass is 365 g/mol. The molecule has 26 heavy (non-hydrogen) atoms. The summed E-state index contributed by atoms with van der Waals surface area (Å²) in [6.07, 6.45) is 0.148. The average molecular weight is 366 g/mol. The zero-order valence-electron chi connectivity index (χ0n) is 13.9. The molecule has 130 valence electrons. The Balaban J connectivity index is 1.48. The molecule has 4 rings (SSSR count). The van der Waals surface area contributed by atoms with Crippen LogP contribution in [0, 0.1) is 5.92 Å². The molecule has 1 aliphatic heterocycles. The highest BCUT2D eigenvalue weighted by Gasteiger charge is 2.36. The van der Waals surface area contributed by atoms with Crippen molar-refractivity contribution in [3.8, 4) is 5.75 Å². The van der Waals surface area contributed by atoms with Crippen LogP contribution in [0.3, 0.4) is 0 Å². The van der Waals surface area contributed by atoms with Gasteiger partial charge < -0.3 is 9.64 Å². The Morgan fingerprint density at radius 1 is 1.00 bits per heavy atom. The van der Waals surface area contributed by atoms with Gasteiger partial charge in [-0.25, -0.2) is 0 Å². The lowest BCUT2D eigenvalue weighted by atomic mass is 10.1. The number of anilines is 1. The van der Waals surface area contributed by atoms with Crippen molar-refractivity contribution in [2.24, 2.45) is 5.92 Å². The van der Waals surface area contributed by atoms with Gasteiger partial charge in [0, 0.05) is 23.7 Å². The minimum Gasteiger partial charge on any atom is -0.426 e. The van der Waals surface area contributed by atoms with Crippen LogP contribution in [0.5, 0.6) is 5.75 Å². The lowest BCUT2D eigenvalue weighted by Gasteiger charge is -2.16. The van der Waals surface area contributed by atoms with Crippen molar-refractivity contribution in [3.63, 3.8) is 0 Å². The maximum atomic E-state index is 12.5. The largest absolute Gasteiger partial charge is 0.426 e. The highest BCUT2D eigenvalue weighted by molar-refractivity contribution is 6.30. The first-order valence-corrected chi connectivity index (χ1v) is 8.74. The molecule has 3 aromatic carbocycles. The van der Waals surface area contributed by atoms with Gasteiger partial charge in [-0.2, -0.15) is 0 Å². The molecule has 0 spiro atoms. The second-order valence-electron chi connectivity index (χ2n) is 6.31. The molecule has 0 N–H and O–H groups in total. The van der Waals surface area contributed by atoms with Crippen molar-refractivity contribution in [2.45, 2.75) is 6.42 Å². The molecule has 0 radical (unpaired) electrons. The van der Waals surface area contributed by atoms with Crippen LogP contribution in [0.1, 0.15) is 6.42 Å². The summed E-state index contributed by atoms with van der Waals surface area (Å²) in [5, 5.41) is 2.69. The molecule has 5 heteroatoms. The number of halogens is 1. The average Bonchev–Trinajstić information content (AvgIpc) is 3.04. The Morgan fingerprint density at radius 2 is 1.73 bits per heavy atom. The van der Waals surface area contributed by atoms with E-state index >= 15 is 0 Å². The first kappa shape index (κ1) is 16.6. The minimum atomic E-state index is -0.482. The predicted octanol–water partition coefficient (Wildman–Crippen LogP) is 4.45. The Bertz CT molecular complexity index is 984. The van der Waals surface area contributed by atoms with E-state index in [1.807, 2.05) is 36.4 Å². The van der Waals surface area contributed by atoms with Crippen LogP contribution >= 0.6 is 11.6 Å². The Hall–Kier alpha value is -2.85. The molecular weight excluding hydrogens is 350 g/mol. The second-order valence-corrected chi connectivity index (χ2v) is 6.75. The topological polar surface area (TPSA) is 46.6 Å². The number of hydrogen-bond acceptors (Lipinski definition) is 3. The van der Waals surface area contributed by atoms with E-state index < -0.39 is 5.92 Å². The summed E-state index contributed by atoms with van der Waals surface area (Å²) >= 11 is 5.89. The minimum absolute atomic E-state index is 0.0900. The summed E-state index contributed by atoms with van der Waals surface area (Å²) in [7, 11) is 0. The van der Waals surface area contributed by atoms with Gasteiger partial charge in [0.25, 0.3) is 0 Å².